The summed E-state index contributed by atoms with van der Waals surface area (Å²) >= 11 is 0. The van der Waals surface area contributed by atoms with Crippen LogP contribution in [-0.4, -0.2) is 44.9 Å². The lowest BCUT2D eigenvalue weighted by molar-refractivity contribution is -0.116. The van der Waals surface area contributed by atoms with Gasteiger partial charge in [-0.05, 0) is 50.2 Å². The van der Waals surface area contributed by atoms with Gasteiger partial charge in [0, 0.05) is 6.54 Å². The van der Waals surface area contributed by atoms with Crippen molar-refractivity contribution in [3.05, 3.63) is 48.5 Å². The summed E-state index contributed by atoms with van der Waals surface area (Å²) in [6, 6.07) is 13.2. The van der Waals surface area contributed by atoms with Gasteiger partial charge in [0.05, 0.1) is 30.3 Å². The number of carbonyl (C=O) groups is 1. The van der Waals surface area contributed by atoms with Crippen molar-refractivity contribution in [1.82, 2.24) is 4.31 Å². The Morgan fingerprint density at radius 3 is 2.21 bits per heavy atom. The third-order valence-corrected chi connectivity index (χ3v) is 5.84. The van der Waals surface area contributed by atoms with Gasteiger partial charge in [-0.15, -0.1) is 0 Å². The van der Waals surface area contributed by atoms with Crippen molar-refractivity contribution in [2.45, 2.75) is 25.7 Å². The van der Waals surface area contributed by atoms with E-state index in [1.54, 1.807) is 43.3 Å². The van der Waals surface area contributed by atoms with E-state index in [4.69, 9.17) is 9.47 Å². The van der Waals surface area contributed by atoms with E-state index in [1.807, 2.05) is 13.8 Å². The maximum absolute atomic E-state index is 12.9. The van der Waals surface area contributed by atoms with E-state index in [2.05, 4.69) is 5.32 Å². The van der Waals surface area contributed by atoms with Gasteiger partial charge in [-0.1, -0.05) is 19.1 Å². The van der Waals surface area contributed by atoms with Gasteiger partial charge in [-0.3, -0.25) is 4.79 Å². The summed E-state index contributed by atoms with van der Waals surface area (Å²) in [7, 11) is -3.80. The zero-order valence-corrected chi connectivity index (χ0v) is 17.2. The molecule has 0 bridgehead atoms. The molecule has 152 valence electrons. The molecule has 1 amide bonds. The number of sulfonamides is 1. The van der Waals surface area contributed by atoms with Crippen molar-refractivity contribution >= 4 is 21.6 Å². The first-order chi connectivity index (χ1) is 13.4. The molecule has 2 aromatic rings. The summed E-state index contributed by atoms with van der Waals surface area (Å²) < 4.78 is 37.7. The lowest BCUT2D eigenvalue weighted by atomic mass is 10.3. The quantitative estimate of drug-likeness (QED) is 0.655. The minimum atomic E-state index is -3.80. The molecule has 28 heavy (non-hydrogen) atoms. The lowest BCUT2D eigenvalue weighted by Gasteiger charge is -2.20. The van der Waals surface area contributed by atoms with Gasteiger partial charge in [0.1, 0.15) is 11.5 Å². The summed E-state index contributed by atoms with van der Waals surface area (Å²) in [6.45, 7) is 6.21. The van der Waals surface area contributed by atoms with Crippen molar-refractivity contribution in [2.24, 2.45) is 0 Å². The van der Waals surface area contributed by atoms with Crippen molar-refractivity contribution in [2.75, 3.05) is 31.6 Å². The average molecular weight is 407 g/mol. The predicted octanol–water partition coefficient (Wildman–Crippen LogP) is 3.13. The number of likely N-dealkylation sites (N-methyl/N-ethyl adjacent to an activating group) is 1. The topological polar surface area (TPSA) is 84.9 Å². The second-order valence-electron chi connectivity index (χ2n) is 5.81. The molecule has 1 N–H and O–H groups in total. The number of anilines is 1. The number of benzene rings is 2. The van der Waals surface area contributed by atoms with Gasteiger partial charge in [0.2, 0.25) is 15.9 Å². The molecule has 0 aromatic heterocycles. The third kappa shape index (κ3) is 5.46. The summed E-state index contributed by atoms with van der Waals surface area (Å²) in [4.78, 5) is 12.6. The smallest absolute Gasteiger partial charge is 0.243 e. The first kappa shape index (κ1) is 21.7. The number of amides is 1. The molecule has 2 rings (SSSR count). The van der Waals surface area contributed by atoms with Crippen molar-refractivity contribution < 1.29 is 22.7 Å². The van der Waals surface area contributed by atoms with Crippen LogP contribution >= 0.6 is 0 Å². The fraction of sp³-hybridized carbons (Fsp3) is 0.350. The number of hydrogen-bond acceptors (Lipinski definition) is 5. The van der Waals surface area contributed by atoms with E-state index in [9.17, 15) is 13.2 Å². The molecule has 0 saturated heterocycles. The van der Waals surface area contributed by atoms with E-state index in [0.717, 1.165) is 4.31 Å². The number of nitrogens with one attached hydrogen (secondary N) is 1. The first-order valence-corrected chi connectivity index (χ1v) is 10.6. The largest absolute Gasteiger partial charge is 0.494 e. The van der Waals surface area contributed by atoms with Crippen LogP contribution < -0.4 is 14.8 Å². The molecule has 0 atom stereocenters. The molecule has 0 heterocycles. The third-order valence-electron chi connectivity index (χ3n) is 3.91. The minimum Gasteiger partial charge on any atom is -0.494 e. The van der Waals surface area contributed by atoms with E-state index >= 15 is 0 Å². The Bertz CT molecular complexity index is 882. The normalized spacial score (nSPS) is 11.3. The molecule has 8 heteroatoms. The van der Waals surface area contributed by atoms with Crippen LogP contribution in [0.1, 0.15) is 20.8 Å². The zero-order chi connectivity index (χ0) is 20.6. The Balaban J connectivity index is 2.13. The molecule has 0 saturated carbocycles. The SMILES string of the molecule is CCOc1ccc(S(=O)(=O)N(CC)CC(=O)Nc2ccccc2OCC)cc1. The van der Waals surface area contributed by atoms with Crippen LogP contribution in [0, 0.1) is 0 Å². The lowest BCUT2D eigenvalue weighted by Crippen LogP contribution is -2.37. The number of para-hydroxylation sites is 2. The number of carbonyl (C=O) groups excluding carboxylic acids is 1. The molecule has 2 aromatic carbocycles. The highest BCUT2D eigenvalue weighted by atomic mass is 32.2. The number of nitrogens with zero attached hydrogens (tertiary/aromatic N) is 1. The number of ether oxygens (including phenoxy) is 2. The fourth-order valence-corrected chi connectivity index (χ4v) is 4.00. The van der Waals surface area contributed by atoms with Crippen LogP contribution in [0.2, 0.25) is 0 Å². The van der Waals surface area contributed by atoms with Gasteiger partial charge < -0.3 is 14.8 Å². The highest BCUT2D eigenvalue weighted by molar-refractivity contribution is 7.89. The minimum absolute atomic E-state index is 0.111. The average Bonchev–Trinajstić information content (AvgIpc) is 2.68. The zero-order valence-electron chi connectivity index (χ0n) is 16.3. The van der Waals surface area contributed by atoms with E-state index in [-0.39, 0.29) is 18.0 Å². The van der Waals surface area contributed by atoms with Crippen LogP contribution in [0.5, 0.6) is 11.5 Å². The van der Waals surface area contributed by atoms with Crippen molar-refractivity contribution in [3.8, 4) is 11.5 Å². The molecule has 0 aliphatic carbocycles. The van der Waals surface area contributed by atoms with Gasteiger partial charge in [0.15, 0.2) is 0 Å². The predicted molar refractivity (Wildman–Crippen MR) is 108 cm³/mol. The van der Waals surface area contributed by atoms with Crippen molar-refractivity contribution in [3.63, 3.8) is 0 Å². The molecule has 0 aliphatic rings. The molecule has 0 spiro atoms. The summed E-state index contributed by atoms with van der Waals surface area (Å²) in [5, 5.41) is 2.72. The summed E-state index contributed by atoms with van der Waals surface area (Å²) in [5.41, 5.74) is 0.504. The van der Waals surface area contributed by atoms with E-state index < -0.39 is 15.9 Å². The Morgan fingerprint density at radius 2 is 1.61 bits per heavy atom. The van der Waals surface area contributed by atoms with E-state index in [0.29, 0.717) is 30.4 Å². The number of rotatable bonds is 10. The Morgan fingerprint density at radius 1 is 0.964 bits per heavy atom. The first-order valence-electron chi connectivity index (χ1n) is 9.17. The Kier molecular flexibility index (Phi) is 7.83. The molecule has 0 aliphatic heterocycles. The van der Waals surface area contributed by atoms with Crippen LogP contribution in [0.4, 0.5) is 5.69 Å². The second kappa shape index (κ2) is 10.1. The Labute approximate surface area is 166 Å². The molecular formula is C20H26N2O5S. The van der Waals surface area contributed by atoms with Crippen LogP contribution in [-0.2, 0) is 14.8 Å². The fourth-order valence-electron chi connectivity index (χ4n) is 2.59. The standard InChI is InChI=1S/C20H26N2O5S/c1-4-22(28(24,25)17-13-11-16(12-14-17)26-5-2)15-20(23)21-18-9-7-8-10-19(18)27-6-3/h7-14H,4-6,15H2,1-3H3,(H,21,23). The van der Waals surface area contributed by atoms with Gasteiger partial charge >= 0.3 is 0 Å². The van der Waals surface area contributed by atoms with Crippen molar-refractivity contribution in [1.29, 1.82) is 0 Å². The van der Waals surface area contributed by atoms with Gasteiger partial charge in [-0.2, -0.15) is 4.31 Å². The maximum atomic E-state index is 12.9. The van der Waals surface area contributed by atoms with Crippen LogP contribution in [0.25, 0.3) is 0 Å². The maximum Gasteiger partial charge on any atom is 0.243 e. The highest BCUT2D eigenvalue weighted by Gasteiger charge is 2.25. The molecule has 7 nitrogen and oxygen atoms in total. The van der Waals surface area contributed by atoms with Gasteiger partial charge in [0.25, 0.3) is 0 Å². The molecular weight excluding hydrogens is 380 g/mol. The highest BCUT2D eigenvalue weighted by Crippen LogP contribution is 2.24. The Hall–Kier alpha value is -2.58. The van der Waals surface area contributed by atoms with Gasteiger partial charge in [-0.25, -0.2) is 8.42 Å². The monoisotopic (exact) mass is 406 g/mol. The summed E-state index contributed by atoms with van der Waals surface area (Å²) in [5.74, 6) is 0.689. The summed E-state index contributed by atoms with van der Waals surface area (Å²) in [6.07, 6.45) is 0. The van der Waals surface area contributed by atoms with Crippen LogP contribution in [0.15, 0.2) is 53.4 Å². The van der Waals surface area contributed by atoms with Crippen LogP contribution in [0.3, 0.4) is 0 Å². The molecule has 0 radical (unpaired) electrons. The molecule has 0 fully saturated rings. The molecule has 0 unspecified atom stereocenters. The number of hydrogen-bond donors (Lipinski definition) is 1. The van der Waals surface area contributed by atoms with E-state index in [1.165, 1.54) is 12.1 Å². The second-order valence-corrected chi connectivity index (χ2v) is 7.75.